The number of aromatic nitrogens is 2. The third kappa shape index (κ3) is 21.1. The van der Waals surface area contributed by atoms with Gasteiger partial charge in [-0.25, -0.2) is 35.3 Å². The summed E-state index contributed by atoms with van der Waals surface area (Å²) in [6.45, 7) is 25.1. The van der Waals surface area contributed by atoms with Crippen LogP contribution < -0.4 is 10.9 Å². The molecule has 6 fully saturated rings. The first-order valence-electron chi connectivity index (χ1n) is 42.7. The number of cyclic esters (lactones) is 2. The Morgan fingerprint density at radius 1 is 0.525 bits per heavy atom. The first kappa shape index (κ1) is 93.9. The standard InChI is InChI=1S/C49H66N4O11.C42H62N4O10/c1-11-38-43-39(53(48(58)63-43)51-24-17-20-33-23-25-50-36-22-16-15-21-35(33)36)30(4)40(54)28(2)27-49(7,59-10)44(31(5)41(55)32(6)45(56)61-38)64-47-42(37(52(8)9)26-29(3)60-47)62-46(57)34-18-13-12-14-19-34;1-11-32-37-33(46(41(51)55-37)44-19-14-15-28-18-20-43-30-17-13-12-16-29(28)30)25(4)34(47)23(2)22-42(7,52-10)38(26(5)35(48)27(6)39(50)54-32)56-40-36(49)31(45(8)9)21-24(3)53-40/h12-16,18-19,21-23,25,28-32,37-39,42-44,47,51H,11,17,20,24,26-27H2,1-10H3;12-13,16-18,20,23-27,31-33,36-38,40,44,49H,11,14-15,19,21-22H2,1-10H3/t28-,29-,30-,31+,32-,37+,38-,39-,42-,43?,44-,47?,49+;23-,24-,25-,26+,27-,31+,32-,33-,36-,37?,38-,40?,42+/m11/s1. The Hall–Kier alpha value is -8.33. The minimum Gasteiger partial charge on any atom is -0.458 e. The zero-order valence-electron chi connectivity index (χ0n) is 73.5. The molecule has 29 nitrogen and oxygen atoms in total. The molecule has 0 saturated carbocycles. The largest absolute Gasteiger partial charge is 0.458 e. The first-order chi connectivity index (χ1) is 57.0. The number of para-hydroxylation sites is 2. The number of Topliss-reactive ketones (excluding diaryl/α,β-unsaturated/α-hetero) is 4. The molecule has 0 radical (unpaired) electrons. The van der Waals surface area contributed by atoms with Gasteiger partial charge in [0, 0.05) is 92.0 Å². The maximum atomic E-state index is 14.8. The number of methoxy groups -OCH3 is 2. The molecule has 6 saturated heterocycles. The highest BCUT2D eigenvalue weighted by Crippen LogP contribution is 2.43. The summed E-state index contributed by atoms with van der Waals surface area (Å²) in [5.41, 5.74) is 8.29. The van der Waals surface area contributed by atoms with Crippen LogP contribution in [0.15, 0.2) is 103 Å². The highest BCUT2D eigenvalue weighted by molar-refractivity contribution is 6.01. The number of nitrogens with one attached hydrogen (secondary N) is 2. The zero-order valence-corrected chi connectivity index (χ0v) is 73.5. The van der Waals surface area contributed by atoms with Crippen molar-refractivity contribution in [1.29, 1.82) is 0 Å². The van der Waals surface area contributed by atoms with Crippen molar-refractivity contribution >= 4 is 75.0 Å². The van der Waals surface area contributed by atoms with Crippen LogP contribution >= 0.6 is 0 Å². The number of nitrogens with zero attached hydrogens (tertiary/aromatic N) is 6. The van der Waals surface area contributed by atoms with Gasteiger partial charge in [0.2, 0.25) is 0 Å². The average molecular weight is 1670 g/mol. The molecule has 120 heavy (non-hydrogen) atoms. The molecule has 2 aromatic heterocycles. The number of hydrogen-bond acceptors (Lipinski definition) is 27. The van der Waals surface area contributed by atoms with Crippen molar-refractivity contribution in [3.05, 3.63) is 120 Å². The van der Waals surface area contributed by atoms with E-state index < -0.39 is 174 Å². The van der Waals surface area contributed by atoms with Crippen molar-refractivity contribution in [3.8, 4) is 0 Å². The van der Waals surface area contributed by atoms with E-state index in [1.165, 1.54) is 38.1 Å². The Morgan fingerprint density at radius 3 is 1.34 bits per heavy atom. The highest BCUT2D eigenvalue weighted by Gasteiger charge is 2.58. The number of amides is 2. The number of hydrogen-bond donors (Lipinski definition) is 3. The number of aliphatic hydroxyl groups is 1. The Morgan fingerprint density at radius 2 is 0.925 bits per heavy atom. The van der Waals surface area contributed by atoms with E-state index in [0.29, 0.717) is 57.2 Å². The summed E-state index contributed by atoms with van der Waals surface area (Å²) in [6, 6.07) is 26.1. The third-order valence-corrected chi connectivity index (χ3v) is 25.7. The molecule has 3 aromatic carbocycles. The monoisotopic (exact) mass is 1670 g/mol. The second kappa shape index (κ2) is 41.2. The van der Waals surface area contributed by atoms with E-state index in [2.05, 4.69) is 20.8 Å². The molecule has 6 aliphatic rings. The SMILES string of the molecule is CC[C@H]1OC(=O)[C@H](C)C(=O)[C@H](C)[C@@H](OC2O[C@H](C)C[C@H](N(C)C)[C@H]2O)[C@@](C)(OC)C[C@@H](C)C(=O)[C@H](C)[C@@H]2C1OC(=O)N2NCCCc1ccnc2ccccc12.CC[C@H]1OC(=O)[C@H](C)C(=O)[C@H](C)[C@@H](OC2O[C@H](C)C[C@H](N(C)C)[C@H]2OC(=O)c2ccccc2)[C@@](C)(OC)C[C@@H](C)C(=O)[C@H](C)[C@@H]2C1OC(=O)N2NCCCc1ccnc2ccccc12. The quantitative estimate of drug-likeness (QED) is 0.0251. The van der Waals surface area contributed by atoms with Crippen LogP contribution in [0.25, 0.3) is 21.8 Å². The number of aryl methyl sites for hydroxylation is 2. The van der Waals surface area contributed by atoms with Gasteiger partial charge >= 0.3 is 30.1 Å². The number of rotatable bonds is 22. The van der Waals surface area contributed by atoms with Crippen molar-refractivity contribution in [1.82, 2.24) is 40.6 Å². The molecule has 658 valence electrons. The van der Waals surface area contributed by atoms with Crippen LogP contribution in [0.2, 0.25) is 0 Å². The predicted octanol–water partition coefficient (Wildman–Crippen LogP) is 10.8. The van der Waals surface area contributed by atoms with Gasteiger partial charge in [-0.1, -0.05) is 110 Å². The van der Waals surface area contributed by atoms with Gasteiger partial charge in [-0.2, -0.15) is 0 Å². The Balaban J connectivity index is 0.000000254. The highest BCUT2D eigenvalue weighted by atomic mass is 16.7. The van der Waals surface area contributed by atoms with E-state index in [9.17, 15) is 48.3 Å². The van der Waals surface area contributed by atoms with Gasteiger partial charge in [-0.05, 0) is 181 Å². The van der Waals surface area contributed by atoms with Crippen LogP contribution in [0.3, 0.4) is 0 Å². The van der Waals surface area contributed by atoms with Crippen LogP contribution in [0.5, 0.6) is 0 Å². The van der Waals surface area contributed by atoms with Crippen molar-refractivity contribution in [2.45, 2.75) is 270 Å². The lowest BCUT2D eigenvalue weighted by Crippen LogP contribution is -2.60. The molecule has 0 bridgehead atoms. The maximum absolute atomic E-state index is 14.8. The molecular formula is C91H128N8O21. The molecule has 2 amide bonds. The average Bonchev–Trinajstić information content (AvgIpc) is 1.43. The molecule has 0 aliphatic carbocycles. The molecule has 26 atom stereocenters. The number of ether oxygens (including phenoxy) is 11. The summed E-state index contributed by atoms with van der Waals surface area (Å²) in [5.74, 6) is -10.8. The van der Waals surface area contributed by atoms with Crippen LogP contribution in [-0.2, 0) is 93.7 Å². The summed E-state index contributed by atoms with van der Waals surface area (Å²) in [5, 5.41) is 16.3. The Labute approximate surface area is 705 Å². The van der Waals surface area contributed by atoms with Crippen molar-refractivity contribution in [3.63, 3.8) is 0 Å². The molecule has 29 heteroatoms. The fraction of sp³-hybridized carbons (Fsp3) is 0.637. The van der Waals surface area contributed by atoms with Crippen molar-refractivity contribution in [2.24, 2.45) is 47.3 Å². The van der Waals surface area contributed by atoms with Gasteiger partial charge < -0.3 is 67.0 Å². The lowest BCUT2D eigenvalue weighted by atomic mass is 9.75. The molecule has 3 N–H and O–H groups in total. The number of benzene rings is 3. The number of carbonyl (C=O) groups is 9. The summed E-state index contributed by atoms with van der Waals surface area (Å²) >= 11 is 0. The molecule has 11 rings (SSSR count). The van der Waals surface area contributed by atoms with E-state index in [0.717, 1.165) is 32.9 Å². The fourth-order valence-electron chi connectivity index (χ4n) is 18.6. The number of likely N-dealkylation sites (N-methyl/N-ethyl adjacent to an activating group) is 2. The van der Waals surface area contributed by atoms with Crippen LogP contribution in [0.1, 0.15) is 170 Å². The number of aliphatic hydroxyl groups excluding tert-OH is 1. The summed E-state index contributed by atoms with van der Waals surface area (Å²) in [7, 11) is 10.5. The molecular weight excluding hydrogens is 1540 g/mol. The van der Waals surface area contributed by atoms with Crippen molar-refractivity contribution < 1.29 is 100 Å². The van der Waals surface area contributed by atoms with E-state index >= 15 is 0 Å². The molecule has 8 heterocycles. The smallest absolute Gasteiger partial charge is 0.425 e. The number of pyridine rings is 2. The second-order valence-electron chi connectivity index (χ2n) is 34.6. The molecule has 0 spiro atoms. The number of hydrazine groups is 2. The fourth-order valence-corrected chi connectivity index (χ4v) is 18.6. The summed E-state index contributed by atoms with van der Waals surface area (Å²) in [4.78, 5) is 140. The third-order valence-electron chi connectivity index (χ3n) is 25.7. The molecule has 6 aliphatic heterocycles. The van der Waals surface area contributed by atoms with E-state index in [-0.39, 0.29) is 61.5 Å². The summed E-state index contributed by atoms with van der Waals surface area (Å²) < 4.78 is 68.7. The van der Waals surface area contributed by atoms with E-state index in [1.54, 1.807) is 112 Å². The van der Waals surface area contributed by atoms with Gasteiger partial charge in [0.25, 0.3) is 0 Å². The topological polar surface area (TPSA) is 338 Å². The van der Waals surface area contributed by atoms with Crippen molar-refractivity contribution in [2.75, 3.05) is 55.5 Å². The number of esters is 3. The minimum atomic E-state index is -1.34. The van der Waals surface area contributed by atoms with Crippen LogP contribution in [0.4, 0.5) is 9.59 Å². The number of ketones is 4. The van der Waals surface area contributed by atoms with Gasteiger partial charge in [-0.3, -0.25) is 38.7 Å². The molecule has 4 unspecified atom stereocenters. The lowest BCUT2D eigenvalue weighted by molar-refractivity contribution is -0.295. The van der Waals surface area contributed by atoms with Gasteiger partial charge in [0.05, 0.1) is 58.3 Å². The van der Waals surface area contributed by atoms with Crippen LogP contribution in [-0.4, -0.2) is 253 Å². The van der Waals surface area contributed by atoms with Gasteiger partial charge in [0.15, 0.2) is 42.5 Å². The number of carbonyl (C=O) groups excluding carboxylic acids is 9. The van der Waals surface area contributed by atoms with E-state index in [1.807, 2.05) is 113 Å². The Bertz CT molecular complexity index is 4360. The van der Waals surface area contributed by atoms with Crippen LogP contribution in [0, 0.1) is 47.3 Å². The minimum absolute atomic E-state index is 0.0817. The lowest BCUT2D eigenvalue weighted by Gasteiger charge is -2.47. The second-order valence-corrected chi connectivity index (χ2v) is 34.6. The molecule has 5 aromatic rings. The Kier molecular flexibility index (Phi) is 32.3. The van der Waals surface area contributed by atoms with Gasteiger partial charge in [0.1, 0.15) is 53.8 Å². The van der Waals surface area contributed by atoms with Gasteiger partial charge in [-0.15, -0.1) is 0 Å². The zero-order chi connectivity index (χ0) is 87.5. The van der Waals surface area contributed by atoms with E-state index in [4.69, 9.17) is 52.1 Å². The maximum Gasteiger partial charge on any atom is 0.425 e. The summed E-state index contributed by atoms with van der Waals surface area (Å²) in [6.07, 6.45) is -4.18. The number of fused-ring (bicyclic) bond motifs is 4. The normalized spacial score (nSPS) is 34.6. The first-order valence-corrected chi connectivity index (χ1v) is 42.7. The predicted molar refractivity (Wildman–Crippen MR) is 446 cm³/mol.